The molecule has 7 nitrogen and oxygen atoms in total. The minimum atomic E-state index is -0.472. The molecule has 0 unspecified atom stereocenters. The second-order valence-corrected chi connectivity index (χ2v) is 8.12. The molecule has 0 saturated heterocycles. The molecule has 2 aromatic carbocycles. The average Bonchev–Trinajstić information content (AvgIpc) is 3.34. The second-order valence-electron chi connectivity index (χ2n) is 7.27. The van der Waals surface area contributed by atoms with E-state index in [1.54, 1.807) is 25.2 Å². The van der Waals surface area contributed by atoms with Gasteiger partial charge >= 0.3 is 0 Å². The molecule has 1 aliphatic rings. The Morgan fingerprint density at radius 1 is 1.19 bits per heavy atom. The van der Waals surface area contributed by atoms with Gasteiger partial charge in [0.05, 0.1) is 32.4 Å². The molecule has 2 amide bonds. The lowest BCUT2D eigenvalue weighted by atomic mass is 10.0. The molecule has 0 aliphatic carbocycles. The summed E-state index contributed by atoms with van der Waals surface area (Å²) in [5.41, 5.74) is 3.27. The molecule has 0 spiro atoms. The lowest BCUT2D eigenvalue weighted by Gasteiger charge is -2.28. The zero-order valence-electron chi connectivity index (χ0n) is 17.5. The van der Waals surface area contributed by atoms with Crippen LogP contribution in [0.5, 0.6) is 11.5 Å². The molecule has 0 fully saturated rings. The van der Waals surface area contributed by atoms with Crippen molar-refractivity contribution in [3.63, 3.8) is 0 Å². The number of fused-ring (bicyclic) bond motifs is 1. The monoisotopic (exact) mass is 437 g/mol. The molecule has 1 aromatic heterocycles. The predicted octanol–water partition coefficient (Wildman–Crippen LogP) is 4.19. The van der Waals surface area contributed by atoms with Gasteiger partial charge < -0.3 is 19.7 Å². The SMILES string of the molecule is COc1ccc([C@@H](CC(=O)Nc2nc(C)cs2)N2Cc3ccccc3C2=O)cc1OC. The summed E-state index contributed by atoms with van der Waals surface area (Å²) in [4.78, 5) is 32.1. The molecular formula is C23H23N3O4S. The Hall–Kier alpha value is -3.39. The zero-order valence-corrected chi connectivity index (χ0v) is 18.4. The molecular weight excluding hydrogens is 414 g/mol. The number of aromatic nitrogens is 1. The van der Waals surface area contributed by atoms with Gasteiger partial charge in [0, 0.05) is 17.5 Å². The Morgan fingerprint density at radius 2 is 1.97 bits per heavy atom. The average molecular weight is 438 g/mol. The lowest BCUT2D eigenvalue weighted by molar-refractivity contribution is -0.117. The number of benzene rings is 2. The molecule has 8 heteroatoms. The van der Waals surface area contributed by atoms with Crippen LogP contribution < -0.4 is 14.8 Å². The van der Waals surface area contributed by atoms with Crippen LogP contribution in [-0.4, -0.2) is 35.9 Å². The highest BCUT2D eigenvalue weighted by atomic mass is 32.1. The summed E-state index contributed by atoms with van der Waals surface area (Å²) in [6.07, 6.45) is 0.0911. The van der Waals surface area contributed by atoms with Crippen LogP contribution in [0.3, 0.4) is 0 Å². The summed E-state index contributed by atoms with van der Waals surface area (Å²) in [6, 6.07) is 12.5. The van der Waals surface area contributed by atoms with Gasteiger partial charge in [-0.25, -0.2) is 4.98 Å². The van der Waals surface area contributed by atoms with E-state index in [4.69, 9.17) is 9.47 Å². The summed E-state index contributed by atoms with van der Waals surface area (Å²) in [7, 11) is 3.13. The van der Waals surface area contributed by atoms with E-state index < -0.39 is 6.04 Å². The van der Waals surface area contributed by atoms with Crippen LogP contribution in [0.15, 0.2) is 47.8 Å². The maximum Gasteiger partial charge on any atom is 0.255 e. The highest BCUT2D eigenvalue weighted by Gasteiger charge is 2.35. The minimum Gasteiger partial charge on any atom is -0.493 e. The van der Waals surface area contributed by atoms with E-state index in [0.29, 0.717) is 28.7 Å². The summed E-state index contributed by atoms with van der Waals surface area (Å²) in [5, 5.41) is 5.27. The maximum atomic E-state index is 13.2. The van der Waals surface area contributed by atoms with Crippen LogP contribution in [0, 0.1) is 6.92 Å². The van der Waals surface area contributed by atoms with Crippen molar-refractivity contribution < 1.29 is 19.1 Å². The van der Waals surface area contributed by atoms with Gasteiger partial charge in [0.15, 0.2) is 16.6 Å². The fourth-order valence-electron chi connectivity index (χ4n) is 3.75. The highest BCUT2D eigenvalue weighted by Crippen LogP contribution is 2.37. The Labute approximate surface area is 184 Å². The van der Waals surface area contributed by atoms with Crippen LogP contribution in [0.4, 0.5) is 5.13 Å². The predicted molar refractivity (Wildman–Crippen MR) is 119 cm³/mol. The van der Waals surface area contributed by atoms with Crippen molar-refractivity contribution in [2.24, 2.45) is 0 Å². The fraction of sp³-hybridized carbons (Fsp3) is 0.261. The van der Waals surface area contributed by atoms with Gasteiger partial charge in [0.2, 0.25) is 5.91 Å². The van der Waals surface area contributed by atoms with Gasteiger partial charge in [0.1, 0.15) is 0 Å². The van der Waals surface area contributed by atoms with Crippen LogP contribution in [-0.2, 0) is 11.3 Å². The van der Waals surface area contributed by atoms with Gasteiger partial charge in [-0.2, -0.15) is 0 Å². The third-order valence-corrected chi connectivity index (χ3v) is 6.14. The Kier molecular flexibility index (Phi) is 5.90. The number of anilines is 1. The largest absolute Gasteiger partial charge is 0.493 e. The number of hydrogen-bond donors (Lipinski definition) is 1. The van der Waals surface area contributed by atoms with E-state index in [2.05, 4.69) is 10.3 Å². The number of amides is 2. The van der Waals surface area contributed by atoms with E-state index in [1.165, 1.54) is 11.3 Å². The van der Waals surface area contributed by atoms with E-state index in [0.717, 1.165) is 16.8 Å². The Bertz CT molecular complexity index is 1130. The third kappa shape index (κ3) is 4.25. The number of carbonyl (C=O) groups excluding carboxylic acids is 2. The number of rotatable bonds is 7. The fourth-order valence-corrected chi connectivity index (χ4v) is 4.46. The van der Waals surface area contributed by atoms with Crippen molar-refractivity contribution in [3.05, 3.63) is 70.2 Å². The van der Waals surface area contributed by atoms with Crippen LogP contribution in [0.2, 0.25) is 0 Å². The standard InChI is InChI=1S/C23H23N3O4S/c1-14-13-31-23(24-14)25-21(27)11-18(15-8-9-19(29-2)20(10-15)30-3)26-12-16-6-4-5-7-17(16)22(26)28/h4-10,13,18H,11-12H2,1-3H3,(H,24,25,27)/t18-/m1/s1. The number of methoxy groups -OCH3 is 2. The molecule has 1 aliphatic heterocycles. The smallest absolute Gasteiger partial charge is 0.255 e. The molecule has 2 heterocycles. The van der Waals surface area contributed by atoms with Crippen molar-refractivity contribution >= 4 is 28.3 Å². The van der Waals surface area contributed by atoms with E-state index in [1.807, 2.05) is 48.7 Å². The molecule has 31 heavy (non-hydrogen) atoms. The van der Waals surface area contributed by atoms with Gasteiger partial charge in [-0.15, -0.1) is 11.3 Å². The molecule has 1 atom stereocenters. The number of nitrogens with zero attached hydrogens (tertiary/aromatic N) is 2. The lowest BCUT2D eigenvalue weighted by Crippen LogP contribution is -2.32. The number of nitrogens with one attached hydrogen (secondary N) is 1. The summed E-state index contributed by atoms with van der Waals surface area (Å²) < 4.78 is 10.8. The normalized spacial score (nSPS) is 13.6. The molecule has 3 aromatic rings. The van der Waals surface area contributed by atoms with Gasteiger partial charge in [0.25, 0.3) is 5.91 Å². The number of aryl methyl sites for hydroxylation is 1. The number of carbonyl (C=O) groups is 2. The van der Waals surface area contributed by atoms with E-state index >= 15 is 0 Å². The molecule has 0 bridgehead atoms. The van der Waals surface area contributed by atoms with E-state index in [-0.39, 0.29) is 18.2 Å². The van der Waals surface area contributed by atoms with Gasteiger partial charge in [-0.1, -0.05) is 24.3 Å². The third-order valence-electron chi connectivity index (χ3n) is 5.26. The minimum absolute atomic E-state index is 0.0896. The summed E-state index contributed by atoms with van der Waals surface area (Å²) in [6.45, 7) is 2.32. The molecule has 4 rings (SSSR count). The Morgan fingerprint density at radius 3 is 2.65 bits per heavy atom. The van der Waals surface area contributed by atoms with Crippen molar-refractivity contribution in [3.8, 4) is 11.5 Å². The summed E-state index contributed by atoms with van der Waals surface area (Å²) >= 11 is 1.37. The summed E-state index contributed by atoms with van der Waals surface area (Å²) in [5.74, 6) is 0.833. The Balaban J connectivity index is 1.66. The van der Waals surface area contributed by atoms with Crippen molar-refractivity contribution in [2.45, 2.75) is 25.9 Å². The first-order chi connectivity index (χ1) is 15.0. The van der Waals surface area contributed by atoms with Crippen molar-refractivity contribution in [1.82, 2.24) is 9.88 Å². The number of hydrogen-bond acceptors (Lipinski definition) is 6. The number of ether oxygens (including phenoxy) is 2. The number of thiazole rings is 1. The second kappa shape index (κ2) is 8.77. The highest BCUT2D eigenvalue weighted by molar-refractivity contribution is 7.13. The van der Waals surface area contributed by atoms with Gasteiger partial charge in [-0.3, -0.25) is 9.59 Å². The van der Waals surface area contributed by atoms with Crippen molar-refractivity contribution in [1.29, 1.82) is 0 Å². The first-order valence-corrected chi connectivity index (χ1v) is 10.7. The van der Waals surface area contributed by atoms with Crippen LogP contribution in [0.1, 0.15) is 39.6 Å². The van der Waals surface area contributed by atoms with Crippen LogP contribution in [0.25, 0.3) is 0 Å². The van der Waals surface area contributed by atoms with E-state index in [9.17, 15) is 9.59 Å². The molecule has 1 N–H and O–H groups in total. The maximum absolute atomic E-state index is 13.2. The van der Waals surface area contributed by atoms with Crippen LogP contribution >= 0.6 is 11.3 Å². The molecule has 0 saturated carbocycles. The quantitative estimate of drug-likeness (QED) is 0.599. The van der Waals surface area contributed by atoms with Gasteiger partial charge in [-0.05, 0) is 36.2 Å². The molecule has 160 valence electrons. The van der Waals surface area contributed by atoms with Crippen molar-refractivity contribution in [2.75, 3.05) is 19.5 Å². The zero-order chi connectivity index (χ0) is 22.0. The first-order valence-electron chi connectivity index (χ1n) is 9.83. The first kappa shape index (κ1) is 20.9. The molecule has 0 radical (unpaired) electrons. The topological polar surface area (TPSA) is 80.8 Å².